The SMILES string of the molecule is CCc1nc(N(C)C)c2cc[nH]c2n1. The van der Waals surface area contributed by atoms with Crippen LogP contribution in [0, 0.1) is 0 Å². The van der Waals surface area contributed by atoms with E-state index in [1.165, 1.54) is 0 Å². The highest BCUT2D eigenvalue weighted by molar-refractivity contribution is 5.87. The first-order valence-electron chi connectivity index (χ1n) is 4.73. The Balaban J connectivity index is 2.70. The van der Waals surface area contributed by atoms with Crippen LogP contribution in [0.15, 0.2) is 12.3 Å². The molecule has 0 unspecified atom stereocenters. The molecule has 0 saturated carbocycles. The zero-order valence-electron chi connectivity index (χ0n) is 8.70. The summed E-state index contributed by atoms with van der Waals surface area (Å²) in [5.74, 6) is 1.86. The van der Waals surface area contributed by atoms with Crippen molar-refractivity contribution in [3.8, 4) is 0 Å². The largest absolute Gasteiger partial charge is 0.362 e. The first kappa shape index (κ1) is 8.99. The second-order valence-electron chi connectivity index (χ2n) is 3.45. The van der Waals surface area contributed by atoms with Crippen LogP contribution in [0.5, 0.6) is 0 Å². The van der Waals surface area contributed by atoms with Crippen molar-refractivity contribution in [1.82, 2.24) is 15.0 Å². The zero-order valence-corrected chi connectivity index (χ0v) is 8.70. The Hall–Kier alpha value is -1.58. The number of aromatic amines is 1. The van der Waals surface area contributed by atoms with Crippen LogP contribution in [-0.2, 0) is 6.42 Å². The Labute approximate surface area is 83.0 Å². The van der Waals surface area contributed by atoms with Gasteiger partial charge in [0.05, 0.1) is 5.39 Å². The van der Waals surface area contributed by atoms with Crippen LogP contribution in [0.3, 0.4) is 0 Å². The minimum Gasteiger partial charge on any atom is -0.362 e. The number of aryl methyl sites for hydroxylation is 1. The van der Waals surface area contributed by atoms with E-state index in [-0.39, 0.29) is 0 Å². The van der Waals surface area contributed by atoms with Gasteiger partial charge in [0.25, 0.3) is 0 Å². The van der Waals surface area contributed by atoms with Gasteiger partial charge in [-0.2, -0.15) is 0 Å². The predicted molar refractivity (Wildman–Crippen MR) is 57.6 cm³/mol. The summed E-state index contributed by atoms with van der Waals surface area (Å²) in [7, 11) is 3.99. The van der Waals surface area contributed by atoms with E-state index in [4.69, 9.17) is 0 Å². The van der Waals surface area contributed by atoms with Crippen LogP contribution in [0.25, 0.3) is 11.0 Å². The standard InChI is InChI=1S/C10H14N4/c1-4-8-12-9-7(5-6-11-9)10(13-8)14(2)3/h5-6H,4H2,1-3H3,(H,11,12,13). The molecule has 0 spiro atoms. The number of hydrogen-bond acceptors (Lipinski definition) is 3. The number of hydrogen-bond donors (Lipinski definition) is 1. The lowest BCUT2D eigenvalue weighted by atomic mass is 10.3. The van der Waals surface area contributed by atoms with Crippen LogP contribution in [0.4, 0.5) is 5.82 Å². The maximum absolute atomic E-state index is 4.49. The number of anilines is 1. The Kier molecular flexibility index (Phi) is 2.11. The molecule has 4 nitrogen and oxygen atoms in total. The van der Waals surface area contributed by atoms with Gasteiger partial charge in [-0.25, -0.2) is 9.97 Å². The first-order valence-corrected chi connectivity index (χ1v) is 4.73. The van der Waals surface area contributed by atoms with Gasteiger partial charge in [0.2, 0.25) is 0 Å². The van der Waals surface area contributed by atoms with E-state index in [0.717, 1.165) is 29.1 Å². The van der Waals surface area contributed by atoms with E-state index in [9.17, 15) is 0 Å². The van der Waals surface area contributed by atoms with Crippen molar-refractivity contribution in [3.05, 3.63) is 18.1 Å². The molecule has 2 aromatic heterocycles. The number of fused-ring (bicyclic) bond motifs is 1. The third-order valence-electron chi connectivity index (χ3n) is 2.18. The highest BCUT2D eigenvalue weighted by atomic mass is 15.2. The molecule has 0 atom stereocenters. The molecule has 14 heavy (non-hydrogen) atoms. The molecule has 2 heterocycles. The van der Waals surface area contributed by atoms with Crippen molar-refractivity contribution < 1.29 is 0 Å². The van der Waals surface area contributed by atoms with Gasteiger partial charge in [-0.3, -0.25) is 0 Å². The number of rotatable bonds is 2. The summed E-state index contributed by atoms with van der Waals surface area (Å²) in [5.41, 5.74) is 0.917. The Morgan fingerprint density at radius 1 is 1.36 bits per heavy atom. The smallest absolute Gasteiger partial charge is 0.143 e. The average molecular weight is 190 g/mol. The molecule has 0 amide bonds. The summed E-state index contributed by atoms with van der Waals surface area (Å²) < 4.78 is 0. The molecule has 0 aliphatic heterocycles. The predicted octanol–water partition coefficient (Wildman–Crippen LogP) is 1.59. The van der Waals surface area contributed by atoms with Gasteiger partial charge < -0.3 is 9.88 Å². The molecule has 4 heteroatoms. The van der Waals surface area contributed by atoms with E-state index in [1.807, 2.05) is 31.3 Å². The minimum absolute atomic E-state index is 0.857. The fourth-order valence-corrected chi connectivity index (χ4v) is 1.47. The van der Waals surface area contributed by atoms with E-state index < -0.39 is 0 Å². The molecule has 2 aromatic rings. The summed E-state index contributed by atoms with van der Waals surface area (Å²) in [4.78, 5) is 14.0. The van der Waals surface area contributed by atoms with Crippen molar-refractivity contribution in [2.24, 2.45) is 0 Å². The van der Waals surface area contributed by atoms with Gasteiger partial charge in [-0.15, -0.1) is 0 Å². The van der Waals surface area contributed by atoms with E-state index in [0.29, 0.717) is 0 Å². The quantitative estimate of drug-likeness (QED) is 0.782. The fraction of sp³-hybridized carbons (Fsp3) is 0.400. The number of nitrogens with zero attached hydrogens (tertiary/aromatic N) is 3. The molecule has 0 saturated heterocycles. The molecule has 2 rings (SSSR count). The third kappa shape index (κ3) is 1.32. The van der Waals surface area contributed by atoms with Crippen molar-refractivity contribution in [2.45, 2.75) is 13.3 Å². The van der Waals surface area contributed by atoms with Gasteiger partial charge in [-0.1, -0.05) is 6.92 Å². The molecule has 0 aromatic carbocycles. The highest BCUT2D eigenvalue weighted by Crippen LogP contribution is 2.21. The second kappa shape index (κ2) is 3.29. The van der Waals surface area contributed by atoms with Crippen LogP contribution < -0.4 is 4.90 Å². The molecular weight excluding hydrogens is 176 g/mol. The number of H-pyrrole nitrogens is 1. The van der Waals surface area contributed by atoms with Crippen molar-refractivity contribution in [3.63, 3.8) is 0 Å². The lowest BCUT2D eigenvalue weighted by Crippen LogP contribution is -2.12. The van der Waals surface area contributed by atoms with Crippen LogP contribution in [0.2, 0.25) is 0 Å². The lowest BCUT2D eigenvalue weighted by molar-refractivity contribution is 0.934. The van der Waals surface area contributed by atoms with Crippen LogP contribution in [-0.4, -0.2) is 29.0 Å². The fourth-order valence-electron chi connectivity index (χ4n) is 1.47. The maximum Gasteiger partial charge on any atom is 0.143 e. The van der Waals surface area contributed by atoms with Crippen molar-refractivity contribution in [1.29, 1.82) is 0 Å². The lowest BCUT2D eigenvalue weighted by Gasteiger charge is -2.12. The molecule has 74 valence electrons. The summed E-state index contributed by atoms with van der Waals surface area (Å²) in [6, 6.07) is 2.00. The summed E-state index contributed by atoms with van der Waals surface area (Å²) >= 11 is 0. The van der Waals surface area contributed by atoms with Gasteiger partial charge in [0.1, 0.15) is 17.3 Å². The Morgan fingerprint density at radius 2 is 2.14 bits per heavy atom. The van der Waals surface area contributed by atoms with E-state index in [1.54, 1.807) is 0 Å². The molecule has 0 radical (unpaired) electrons. The summed E-state index contributed by atoms with van der Waals surface area (Å²) in [6.07, 6.45) is 2.75. The van der Waals surface area contributed by atoms with E-state index >= 15 is 0 Å². The molecule has 0 aliphatic rings. The third-order valence-corrected chi connectivity index (χ3v) is 2.18. The van der Waals surface area contributed by atoms with Gasteiger partial charge in [0.15, 0.2) is 0 Å². The molecule has 0 fully saturated rings. The van der Waals surface area contributed by atoms with Crippen LogP contribution >= 0.6 is 0 Å². The second-order valence-corrected chi connectivity index (χ2v) is 3.45. The van der Waals surface area contributed by atoms with Gasteiger partial charge in [0, 0.05) is 26.7 Å². The summed E-state index contributed by atoms with van der Waals surface area (Å²) in [6.45, 7) is 2.06. The Bertz CT molecular complexity index is 444. The maximum atomic E-state index is 4.49. The van der Waals surface area contributed by atoms with E-state index in [2.05, 4.69) is 21.9 Å². The normalized spacial score (nSPS) is 10.8. The monoisotopic (exact) mass is 190 g/mol. The number of aromatic nitrogens is 3. The van der Waals surface area contributed by atoms with Gasteiger partial charge >= 0.3 is 0 Å². The summed E-state index contributed by atoms with van der Waals surface area (Å²) in [5, 5.41) is 1.08. The molecule has 0 bridgehead atoms. The number of nitrogens with one attached hydrogen (secondary N) is 1. The first-order chi connectivity index (χ1) is 6.72. The molecule has 1 N–H and O–H groups in total. The Morgan fingerprint density at radius 3 is 2.79 bits per heavy atom. The average Bonchev–Trinajstić information content (AvgIpc) is 2.63. The molecule has 0 aliphatic carbocycles. The van der Waals surface area contributed by atoms with Gasteiger partial charge in [-0.05, 0) is 6.07 Å². The zero-order chi connectivity index (χ0) is 10.1. The van der Waals surface area contributed by atoms with Crippen LogP contribution in [0.1, 0.15) is 12.7 Å². The van der Waals surface area contributed by atoms with Crippen molar-refractivity contribution in [2.75, 3.05) is 19.0 Å². The topological polar surface area (TPSA) is 44.8 Å². The van der Waals surface area contributed by atoms with Crippen molar-refractivity contribution >= 4 is 16.9 Å². The minimum atomic E-state index is 0.857. The molecular formula is C10H14N4. The highest BCUT2D eigenvalue weighted by Gasteiger charge is 2.08.